The molecule has 0 aliphatic rings. The number of esters is 2. The van der Waals surface area contributed by atoms with Crippen molar-refractivity contribution < 1.29 is 23.5 Å². The van der Waals surface area contributed by atoms with Gasteiger partial charge in [0.25, 0.3) is 0 Å². The summed E-state index contributed by atoms with van der Waals surface area (Å²) in [5.74, 6) is -1.03. The van der Waals surface area contributed by atoms with Gasteiger partial charge in [0.1, 0.15) is 5.75 Å². The van der Waals surface area contributed by atoms with E-state index in [1.807, 2.05) is 6.92 Å². The third-order valence-electron chi connectivity index (χ3n) is 3.50. The number of rotatable bonds is 7. The first-order valence-electron chi connectivity index (χ1n) is 8.27. The molecule has 0 saturated heterocycles. The van der Waals surface area contributed by atoms with E-state index in [1.165, 1.54) is 30.8 Å². The number of thiol groups is 1. The molecule has 0 fully saturated rings. The van der Waals surface area contributed by atoms with Crippen LogP contribution in [-0.2, 0) is 9.59 Å². The number of ether oxygens (including phenoxy) is 2. The second-order valence-corrected chi connectivity index (χ2v) is 7.59. The van der Waals surface area contributed by atoms with Crippen molar-refractivity contribution in [2.45, 2.75) is 18.7 Å². The Hall–Kier alpha value is -2.51. The van der Waals surface area contributed by atoms with E-state index in [2.05, 4.69) is 25.8 Å². The summed E-state index contributed by atoms with van der Waals surface area (Å²) in [5, 5.41) is 0. The van der Waals surface area contributed by atoms with Gasteiger partial charge < -0.3 is 9.47 Å². The van der Waals surface area contributed by atoms with Gasteiger partial charge in [-0.15, -0.1) is 24.4 Å². The lowest BCUT2D eigenvalue weighted by Gasteiger charge is -2.12. The van der Waals surface area contributed by atoms with Crippen LogP contribution in [0.25, 0.3) is 11.1 Å². The summed E-state index contributed by atoms with van der Waals surface area (Å²) in [4.78, 5) is 24.0. The smallest absolute Gasteiger partial charge is 0.349 e. The topological polar surface area (TPSA) is 52.6 Å². The monoisotopic (exact) mass is 418 g/mol. The number of benzene rings is 2. The van der Waals surface area contributed by atoms with Crippen LogP contribution in [0.15, 0.2) is 64.9 Å². The molecule has 28 heavy (non-hydrogen) atoms. The van der Waals surface area contributed by atoms with E-state index in [-0.39, 0.29) is 16.2 Å². The summed E-state index contributed by atoms with van der Waals surface area (Å²) in [6, 6.07) is 9.44. The minimum absolute atomic E-state index is 0.00140. The zero-order valence-electron chi connectivity index (χ0n) is 15.5. The quantitative estimate of drug-likeness (QED) is 0.213. The molecule has 0 heterocycles. The zero-order valence-corrected chi connectivity index (χ0v) is 17.2. The summed E-state index contributed by atoms with van der Waals surface area (Å²) in [5.41, 5.74) is 1.48. The Labute approximate surface area is 172 Å². The minimum Gasteiger partial charge on any atom is -0.421 e. The summed E-state index contributed by atoms with van der Waals surface area (Å²) >= 11 is 5.36. The molecule has 0 radical (unpaired) electrons. The van der Waals surface area contributed by atoms with Crippen molar-refractivity contribution in [1.29, 1.82) is 0 Å². The lowest BCUT2D eigenvalue weighted by atomic mass is 10.1. The maximum absolute atomic E-state index is 14.3. The number of thioether (sulfide) groups is 1. The molecule has 0 N–H and O–H groups in total. The standard InChI is InChI=1S/C21H19FO4S2/c1-5-28-19-11-15(7-9-18(19)26-21(24)13(4)27)14-6-8-17(16(22)10-14)25-20(23)12(2)3/h6-11,27H,2,4-5H2,1,3H3. The predicted molar refractivity (Wildman–Crippen MR) is 112 cm³/mol. The van der Waals surface area contributed by atoms with Crippen molar-refractivity contribution >= 4 is 36.3 Å². The lowest BCUT2D eigenvalue weighted by Crippen LogP contribution is -2.09. The Kier molecular flexibility index (Phi) is 7.48. The molecule has 0 spiro atoms. The Morgan fingerprint density at radius 3 is 2.14 bits per heavy atom. The van der Waals surface area contributed by atoms with Crippen molar-refractivity contribution in [3.63, 3.8) is 0 Å². The highest BCUT2D eigenvalue weighted by molar-refractivity contribution is 7.99. The summed E-state index contributed by atoms with van der Waals surface area (Å²) < 4.78 is 24.6. The molecule has 2 aromatic rings. The molecule has 2 rings (SSSR count). The molecule has 0 unspecified atom stereocenters. The Morgan fingerprint density at radius 1 is 1.04 bits per heavy atom. The van der Waals surface area contributed by atoms with Crippen LogP contribution in [0.1, 0.15) is 13.8 Å². The third kappa shape index (κ3) is 5.50. The van der Waals surface area contributed by atoms with Crippen LogP contribution in [0.4, 0.5) is 4.39 Å². The van der Waals surface area contributed by atoms with E-state index in [0.29, 0.717) is 11.3 Å². The number of halogens is 1. The Bertz CT molecular complexity index is 953. The number of hydrogen-bond donors (Lipinski definition) is 1. The zero-order chi connectivity index (χ0) is 20.8. The van der Waals surface area contributed by atoms with Gasteiger partial charge >= 0.3 is 11.9 Å². The van der Waals surface area contributed by atoms with Gasteiger partial charge in [-0.2, -0.15) is 0 Å². The normalized spacial score (nSPS) is 10.3. The van der Waals surface area contributed by atoms with Gasteiger partial charge in [0.2, 0.25) is 0 Å². The molecule has 0 aliphatic carbocycles. The number of hydrogen-bond acceptors (Lipinski definition) is 6. The molecule has 7 heteroatoms. The minimum atomic E-state index is -0.690. The predicted octanol–water partition coefficient (Wildman–Crippen LogP) is 5.44. The fraction of sp³-hybridized carbons (Fsp3) is 0.143. The van der Waals surface area contributed by atoms with Crippen molar-refractivity contribution in [1.82, 2.24) is 0 Å². The van der Waals surface area contributed by atoms with E-state index in [4.69, 9.17) is 9.47 Å². The molecule has 0 aromatic heterocycles. The summed E-state index contributed by atoms with van der Waals surface area (Å²) in [6.07, 6.45) is 0. The highest BCUT2D eigenvalue weighted by Crippen LogP contribution is 2.35. The second kappa shape index (κ2) is 9.61. The molecule has 0 atom stereocenters. The van der Waals surface area contributed by atoms with Crippen LogP contribution in [0, 0.1) is 5.82 Å². The van der Waals surface area contributed by atoms with Gasteiger partial charge in [0, 0.05) is 5.57 Å². The fourth-order valence-corrected chi connectivity index (χ4v) is 2.97. The first kappa shape index (κ1) is 21.8. The van der Waals surface area contributed by atoms with Crippen molar-refractivity contribution in [3.05, 3.63) is 65.9 Å². The Balaban J connectivity index is 2.34. The third-order valence-corrected chi connectivity index (χ3v) is 4.60. The average molecular weight is 419 g/mol. The second-order valence-electron chi connectivity index (χ2n) is 5.75. The van der Waals surface area contributed by atoms with Gasteiger partial charge in [0.05, 0.1) is 9.80 Å². The highest BCUT2D eigenvalue weighted by Gasteiger charge is 2.14. The van der Waals surface area contributed by atoms with Crippen LogP contribution in [-0.4, -0.2) is 17.7 Å². The van der Waals surface area contributed by atoms with Crippen molar-refractivity contribution in [2.24, 2.45) is 0 Å². The van der Waals surface area contributed by atoms with Crippen LogP contribution < -0.4 is 9.47 Å². The number of carbonyl (C=O) groups is 2. The molecule has 0 bridgehead atoms. The fourth-order valence-electron chi connectivity index (χ4n) is 2.15. The average Bonchev–Trinajstić information content (AvgIpc) is 2.64. The highest BCUT2D eigenvalue weighted by atomic mass is 32.2. The van der Waals surface area contributed by atoms with Gasteiger partial charge in [0.15, 0.2) is 11.6 Å². The van der Waals surface area contributed by atoms with Crippen LogP contribution in [0.2, 0.25) is 0 Å². The molecule has 0 aliphatic heterocycles. The molecular formula is C21H19FO4S2. The molecule has 4 nitrogen and oxygen atoms in total. The first-order valence-corrected chi connectivity index (χ1v) is 9.70. The van der Waals surface area contributed by atoms with Crippen molar-refractivity contribution in [2.75, 3.05) is 5.75 Å². The Morgan fingerprint density at radius 2 is 1.61 bits per heavy atom. The molecule has 2 aromatic carbocycles. The van der Waals surface area contributed by atoms with Gasteiger partial charge in [-0.3, -0.25) is 0 Å². The molecular weight excluding hydrogens is 399 g/mol. The van der Waals surface area contributed by atoms with Crippen molar-refractivity contribution in [3.8, 4) is 22.6 Å². The van der Waals surface area contributed by atoms with Crippen LogP contribution >= 0.6 is 24.4 Å². The lowest BCUT2D eigenvalue weighted by molar-refractivity contribution is -0.130. The summed E-state index contributed by atoms with van der Waals surface area (Å²) in [7, 11) is 0. The van der Waals surface area contributed by atoms with Gasteiger partial charge in [-0.05, 0) is 48.1 Å². The van der Waals surface area contributed by atoms with E-state index >= 15 is 0 Å². The van der Waals surface area contributed by atoms with Crippen LogP contribution in [0.3, 0.4) is 0 Å². The molecule has 0 saturated carbocycles. The largest absolute Gasteiger partial charge is 0.421 e. The maximum atomic E-state index is 14.3. The van der Waals surface area contributed by atoms with E-state index in [9.17, 15) is 14.0 Å². The van der Waals surface area contributed by atoms with Crippen LogP contribution in [0.5, 0.6) is 11.5 Å². The summed E-state index contributed by atoms with van der Waals surface area (Å²) in [6.45, 7) is 10.4. The molecule has 0 amide bonds. The van der Waals surface area contributed by atoms with E-state index < -0.39 is 17.8 Å². The number of carbonyl (C=O) groups excluding carboxylic acids is 2. The van der Waals surface area contributed by atoms with E-state index in [1.54, 1.807) is 24.3 Å². The SMILES string of the molecule is C=C(C)C(=O)Oc1ccc(-c2ccc(OC(=O)C(=C)S)c(SCC)c2)cc1F. The molecule has 146 valence electrons. The van der Waals surface area contributed by atoms with Gasteiger partial charge in [-0.1, -0.05) is 32.2 Å². The maximum Gasteiger partial charge on any atom is 0.349 e. The van der Waals surface area contributed by atoms with E-state index in [0.717, 1.165) is 16.2 Å². The first-order chi connectivity index (χ1) is 13.2. The van der Waals surface area contributed by atoms with Gasteiger partial charge in [-0.25, -0.2) is 14.0 Å².